The number of benzene rings is 2. The highest BCUT2D eigenvalue weighted by Crippen LogP contribution is 2.21. The maximum atomic E-state index is 10.8. The van der Waals surface area contributed by atoms with Crippen LogP contribution in [0.25, 0.3) is 16.8 Å². The molecule has 0 saturated carbocycles. The number of nitriles is 1. The molecule has 0 atom stereocenters. The van der Waals surface area contributed by atoms with Crippen molar-refractivity contribution >= 4 is 6.29 Å². The van der Waals surface area contributed by atoms with Crippen LogP contribution in [0.3, 0.4) is 0 Å². The first-order valence-electron chi connectivity index (χ1n) is 6.41. The second-order valence-electron chi connectivity index (χ2n) is 4.55. The van der Waals surface area contributed by atoms with Crippen molar-refractivity contribution in [2.75, 3.05) is 0 Å². The summed E-state index contributed by atoms with van der Waals surface area (Å²) in [5.41, 5.74) is 3.59. The Morgan fingerprint density at radius 3 is 2.62 bits per heavy atom. The predicted octanol–water partition coefficient (Wildman–Crippen LogP) is 3.22. The van der Waals surface area contributed by atoms with Gasteiger partial charge in [-0.25, -0.2) is 4.68 Å². The highest BCUT2D eigenvalue weighted by molar-refractivity contribution is 5.76. The van der Waals surface area contributed by atoms with Gasteiger partial charge in [0.2, 0.25) is 0 Å². The van der Waals surface area contributed by atoms with Crippen LogP contribution in [0.1, 0.15) is 15.9 Å². The Hall–Kier alpha value is -3.19. The second kappa shape index (κ2) is 5.43. The zero-order valence-corrected chi connectivity index (χ0v) is 11.1. The molecule has 0 radical (unpaired) electrons. The standard InChI is InChI=1S/C17H11N3O/c18-9-15-8-13(12-21)6-7-17(15)20-11-16(10-19-20)14-4-2-1-3-5-14/h1-8,10-12H. The van der Waals surface area contributed by atoms with Gasteiger partial charge in [-0.3, -0.25) is 4.79 Å². The van der Waals surface area contributed by atoms with E-state index in [9.17, 15) is 10.1 Å². The quantitative estimate of drug-likeness (QED) is 0.688. The lowest BCUT2D eigenvalue weighted by atomic mass is 10.1. The van der Waals surface area contributed by atoms with Gasteiger partial charge in [0.25, 0.3) is 0 Å². The molecule has 1 heterocycles. The molecule has 0 fully saturated rings. The summed E-state index contributed by atoms with van der Waals surface area (Å²) < 4.78 is 1.65. The summed E-state index contributed by atoms with van der Waals surface area (Å²) in [5.74, 6) is 0. The van der Waals surface area contributed by atoms with Gasteiger partial charge in [-0.1, -0.05) is 30.3 Å². The van der Waals surface area contributed by atoms with E-state index in [4.69, 9.17) is 0 Å². The van der Waals surface area contributed by atoms with Crippen molar-refractivity contribution < 1.29 is 4.79 Å². The monoisotopic (exact) mass is 273 g/mol. The smallest absolute Gasteiger partial charge is 0.150 e. The summed E-state index contributed by atoms with van der Waals surface area (Å²) in [6.45, 7) is 0. The fourth-order valence-electron chi connectivity index (χ4n) is 2.15. The van der Waals surface area contributed by atoms with Crippen LogP contribution in [-0.2, 0) is 0 Å². The van der Waals surface area contributed by atoms with Crippen molar-refractivity contribution in [1.82, 2.24) is 9.78 Å². The molecule has 0 spiro atoms. The summed E-state index contributed by atoms with van der Waals surface area (Å²) in [6, 6.07) is 17.0. The van der Waals surface area contributed by atoms with E-state index in [1.54, 1.807) is 29.1 Å². The van der Waals surface area contributed by atoms with E-state index in [0.29, 0.717) is 16.8 Å². The van der Waals surface area contributed by atoms with E-state index < -0.39 is 0 Å². The van der Waals surface area contributed by atoms with Gasteiger partial charge < -0.3 is 0 Å². The van der Waals surface area contributed by atoms with E-state index in [1.165, 1.54) is 0 Å². The first-order valence-corrected chi connectivity index (χ1v) is 6.41. The molecule has 4 heteroatoms. The Kier molecular flexibility index (Phi) is 3.32. The van der Waals surface area contributed by atoms with Crippen LogP contribution in [-0.4, -0.2) is 16.1 Å². The molecule has 0 saturated heterocycles. The van der Waals surface area contributed by atoms with Crippen LogP contribution in [0.4, 0.5) is 0 Å². The first kappa shape index (κ1) is 12.8. The minimum Gasteiger partial charge on any atom is -0.298 e. The van der Waals surface area contributed by atoms with Crippen LogP contribution < -0.4 is 0 Å². The third-order valence-electron chi connectivity index (χ3n) is 3.21. The van der Waals surface area contributed by atoms with Crippen molar-refractivity contribution in [3.63, 3.8) is 0 Å². The number of carbonyl (C=O) groups is 1. The van der Waals surface area contributed by atoms with Gasteiger partial charge in [0.1, 0.15) is 12.4 Å². The molecule has 0 unspecified atom stereocenters. The van der Waals surface area contributed by atoms with E-state index >= 15 is 0 Å². The number of aldehydes is 1. The SMILES string of the molecule is N#Cc1cc(C=O)ccc1-n1cc(-c2ccccc2)cn1. The highest BCUT2D eigenvalue weighted by Gasteiger charge is 2.08. The van der Waals surface area contributed by atoms with Gasteiger partial charge in [0, 0.05) is 17.3 Å². The average Bonchev–Trinajstić information content (AvgIpc) is 3.04. The van der Waals surface area contributed by atoms with Gasteiger partial charge in [0.15, 0.2) is 0 Å². The largest absolute Gasteiger partial charge is 0.298 e. The summed E-state index contributed by atoms with van der Waals surface area (Å²) in [4.78, 5) is 10.8. The topological polar surface area (TPSA) is 58.7 Å². The van der Waals surface area contributed by atoms with Crippen molar-refractivity contribution in [2.45, 2.75) is 0 Å². The predicted molar refractivity (Wildman–Crippen MR) is 79.1 cm³/mol. The third-order valence-corrected chi connectivity index (χ3v) is 3.21. The van der Waals surface area contributed by atoms with E-state index in [2.05, 4.69) is 11.2 Å². The minimum absolute atomic E-state index is 0.419. The molecular weight excluding hydrogens is 262 g/mol. The third kappa shape index (κ3) is 2.45. The normalized spacial score (nSPS) is 10.0. The molecule has 0 aliphatic carbocycles. The van der Waals surface area contributed by atoms with Gasteiger partial charge >= 0.3 is 0 Å². The van der Waals surface area contributed by atoms with E-state index in [1.807, 2.05) is 36.5 Å². The summed E-state index contributed by atoms with van der Waals surface area (Å²) in [6.07, 6.45) is 4.35. The number of carbonyl (C=O) groups excluding carboxylic acids is 1. The number of hydrogen-bond donors (Lipinski definition) is 0. The molecule has 3 aromatic rings. The first-order chi connectivity index (χ1) is 10.3. The Morgan fingerprint density at radius 1 is 1.10 bits per heavy atom. The van der Waals surface area contributed by atoms with E-state index in [-0.39, 0.29) is 0 Å². The van der Waals surface area contributed by atoms with Crippen LogP contribution in [0.15, 0.2) is 60.9 Å². The van der Waals surface area contributed by atoms with Gasteiger partial charge in [-0.15, -0.1) is 0 Å². The Labute approximate surface area is 121 Å². The fourth-order valence-corrected chi connectivity index (χ4v) is 2.15. The fraction of sp³-hybridized carbons (Fsp3) is 0. The molecular formula is C17H11N3O. The molecule has 21 heavy (non-hydrogen) atoms. The van der Waals surface area contributed by atoms with Gasteiger partial charge in [-0.05, 0) is 23.8 Å². The highest BCUT2D eigenvalue weighted by atomic mass is 16.1. The van der Waals surface area contributed by atoms with Crippen molar-refractivity contribution in [1.29, 1.82) is 5.26 Å². The molecule has 4 nitrogen and oxygen atoms in total. The molecule has 2 aromatic carbocycles. The zero-order valence-electron chi connectivity index (χ0n) is 11.1. The zero-order chi connectivity index (χ0) is 14.7. The number of rotatable bonds is 3. The van der Waals surface area contributed by atoms with Crippen molar-refractivity contribution in [2.24, 2.45) is 0 Å². The average molecular weight is 273 g/mol. The molecule has 0 aliphatic heterocycles. The molecule has 0 bridgehead atoms. The number of nitrogens with zero attached hydrogens (tertiary/aromatic N) is 3. The lowest BCUT2D eigenvalue weighted by Crippen LogP contribution is -1.98. The van der Waals surface area contributed by atoms with Crippen LogP contribution in [0.5, 0.6) is 0 Å². The summed E-state index contributed by atoms with van der Waals surface area (Å²) >= 11 is 0. The Balaban J connectivity index is 2.05. The lowest BCUT2D eigenvalue weighted by Gasteiger charge is -2.04. The second-order valence-corrected chi connectivity index (χ2v) is 4.55. The molecule has 0 N–H and O–H groups in total. The Bertz CT molecular complexity index is 829. The molecule has 0 amide bonds. The minimum atomic E-state index is 0.419. The van der Waals surface area contributed by atoms with Gasteiger partial charge in [0.05, 0.1) is 17.4 Å². The molecule has 3 rings (SSSR count). The lowest BCUT2D eigenvalue weighted by molar-refractivity contribution is 0.112. The molecule has 100 valence electrons. The maximum absolute atomic E-state index is 10.8. The Morgan fingerprint density at radius 2 is 1.90 bits per heavy atom. The van der Waals surface area contributed by atoms with Crippen molar-refractivity contribution in [3.05, 3.63) is 72.1 Å². The van der Waals surface area contributed by atoms with Crippen LogP contribution >= 0.6 is 0 Å². The van der Waals surface area contributed by atoms with Gasteiger partial charge in [-0.2, -0.15) is 10.4 Å². The number of aromatic nitrogens is 2. The van der Waals surface area contributed by atoms with Crippen molar-refractivity contribution in [3.8, 4) is 22.9 Å². The summed E-state index contributed by atoms with van der Waals surface area (Å²) in [5, 5.41) is 13.5. The van der Waals surface area contributed by atoms with Crippen LogP contribution in [0.2, 0.25) is 0 Å². The molecule has 0 aliphatic rings. The van der Waals surface area contributed by atoms with Crippen LogP contribution in [0, 0.1) is 11.3 Å². The number of hydrogen-bond acceptors (Lipinski definition) is 3. The molecule has 1 aromatic heterocycles. The van der Waals surface area contributed by atoms with E-state index in [0.717, 1.165) is 17.4 Å². The summed E-state index contributed by atoms with van der Waals surface area (Å²) in [7, 11) is 0. The maximum Gasteiger partial charge on any atom is 0.150 e.